The van der Waals surface area contributed by atoms with E-state index in [9.17, 15) is 9.90 Å². The lowest BCUT2D eigenvalue weighted by atomic mass is 9.77. The van der Waals surface area contributed by atoms with Crippen LogP contribution < -0.4 is 4.74 Å². The minimum atomic E-state index is -0.226. The van der Waals surface area contributed by atoms with E-state index >= 15 is 0 Å². The van der Waals surface area contributed by atoms with Crippen LogP contribution >= 0.6 is 0 Å². The molecule has 0 aromatic heterocycles. The first-order valence-corrected chi connectivity index (χ1v) is 7.75. The number of aliphatic hydroxyl groups excluding tert-OH is 1. The van der Waals surface area contributed by atoms with Crippen molar-refractivity contribution in [2.45, 2.75) is 25.7 Å². The van der Waals surface area contributed by atoms with Crippen molar-refractivity contribution in [3.63, 3.8) is 0 Å². The van der Waals surface area contributed by atoms with Gasteiger partial charge >= 0.3 is 0 Å². The number of hydrogen-bond donors (Lipinski definition) is 1. The quantitative estimate of drug-likeness (QED) is 0.821. The third kappa shape index (κ3) is 3.69. The second kappa shape index (κ2) is 7.45. The molecule has 2 rings (SSSR count). The molecule has 1 fully saturated rings. The largest absolute Gasteiger partial charge is 0.496 e. The fraction of sp³-hybridized carbons (Fsp3) is 0.500. The monoisotopic (exact) mass is 303 g/mol. The molecule has 0 spiro atoms. The van der Waals surface area contributed by atoms with Crippen LogP contribution in [0.4, 0.5) is 0 Å². The minimum Gasteiger partial charge on any atom is -0.496 e. The zero-order valence-corrected chi connectivity index (χ0v) is 13.3. The highest BCUT2D eigenvalue weighted by Crippen LogP contribution is 2.33. The van der Waals surface area contributed by atoms with Crippen LogP contribution in [0.25, 0.3) is 0 Å². The number of carbonyl (C=O) groups is 1. The van der Waals surface area contributed by atoms with Gasteiger partial charge in [-0.3, -0.25) is 4.79 Å². The second-order valence-electron chi connectivity index (χ2n) is 6.06. The van der Waals surface area contributed by atoms with Crippen molar-refractivity contribution in [1.29, 1.82) is 0 Å². The number of likely N-dealkylation sites (tertiary alicyclic amines) is 1. The van der Waals surface area contributed by atoms with Gasteiger partial charge in [-0.2, -0.15) is 0 Å². The second-order valence-corrected chi connectivity index (χ2v) is 6.06. The van der Waals surface area contributed by atoms with E-state index in [0.29, 0.717) is 13.0 Å². The van der Waals surface area contributed by atoms with Gasteiger partial charge in [-0.05, 0) is 25.3 Å². The molecule has 0 aliphatic carbocycles. The van der Waals surface area contributed by atoms with E-state index in [0.717, 1.165) is 37.1 Å². The maximum absolute atomic E-state index is 12.6. The highest BCUT2D eigenvalue weighted by atomic mass is 16.5. The average Bonchev–Trinajstić information content (AvgIpc) is 2.56. The van der Waals surface area contributed by atoms with Gasteiger partial charge < -0.3 is 14.7 Å². The van der Waals surface area contributed by atoms with E-state index in [2.05, 4.69) is 6.58 Å². The van der Waals surface area contributed by atoms with Gasteiger partial charge in [0.15, 0.2) is 0 Å². The summed E-state index contributed by atoms with van der Waals surface area (Å²) in [6, 6.07) is 7.60. The molecule has 1 amide bonds. The molecule has 1 aromatic rings. The molecule has 22 heavy (non-hydrogen) atoms. The molecule has 120 valence electrons. The topological polar surface area (TPSA) is 49.8 Å². The Balaban J connectivity index is 2.07. The lowest BCUT2D eigenvalue weighted by Crippen LogP contribution is -2.48. The fourth-order valence-electron chi connectivity index (χ4n) is 3.21. The van der Waals surface area contributed by atoms with E-state index in [1.165, 1.54) is 0 Å². The van der Waals surface area contributed by atoms with Crippen LogP contribution in [0.2, 0.25) is 0 Å². The average molecular weight is 303 g/mol. The van der Waals surface area contributed by atoms with E-state index in [1.54, 1.807) is 7.11 Å². The SMILES string of the molecule is C=CCC1(CO)CCCN(C(=O)Cc2ccccc2OC)C1. The Morgan fingerprint density at radius 1 is 1.50 bits per heavy atom. The number of ether oxygens (including phenoxy) is 1. The minimum absolute atomic E-state index is 0.0890. The van der Waals surface area contributed by atoms with Crippen LogP contribution in [0.5, 0.6) is 5.75 Å². The summed E-state index contributed by atoms with van der Waals surface area (Å²) >= 11 is 0. The third-order valence-electron chi connectivity index (χ3n) is 4.46. The molecule has 0 radical (unpaired) electrons. The van der Waals surface area contributed by atoms with E-state index in [4.69, 9.17) is 4.74 Å². The summed E-state index contributed by atoms with van der Waals surface area (Å²) in [6.07, 6.45) is 4.77. The molecule has 1 N–H and O–H groups in total. The third-order valence-corrected chi connectivity index (χ3v) is 4.46. The van der Waals surface area contributed by atoms with Gasteiger partial charge in [0.2, 0.25) is 5.91 Å². The fourth-order valence-corrected chi connectivity index (χ4v) is 3.21. The van der Waals surface area contributed by atoms with E-state index in [-0.39, 0.29) is 17.9 Å². The van der Waals surface area contributed by atoms with Gasteiger partial charge in [0.05, 0.1) is 20.1 Å². The standard InChI is InChI=1S/C18H25NO3/c1-3-9-18(14-20)10-6-11-19(13-18)17(21)12-15-7-4-5-8-16(15)22-2/h3-5,7-8,20H,1,6,9-14H2,2H3. The van der Waals surface area contributed by atoms with Crippen molar-refractivity contribution in [2.24, 2.45) is 5.41 Å². The zero-order valence-electron chi connectivity index (χ0n) is 13.3. The maximum Gasteiger partial charge on any atom is 0.227 e. The van der Waals surface area contributed by atoms with E-state index < -0.39 is 0 Å². The number of allylic oxidation sites excluding steroid dienone is 1. The number of para-hydroxylation sites is 1. The normalized spacial score (nSPS) is 21.5. The summed E-state index contributed by atoms with van der Waals surface area (Å²) in [5.74, 6) is 0.832. The zero-order chi connectivity index (χ0) is 16.0. The molecule has 1 aliphatic rings. The first kappa shape index (κ1) is 16.6. The number of amides is 1. The Morgan fingerprint density at radius 2 is 2.27 bits per heavy atom. The molecular formula is C18H25NO3. The number of rotatable bonds is 6. The van der Waals surface area contributed by atoms with Crippen molar-refractivity contribution < 1.29 is 14.6 Å². The lowest BCUT2D eigenvalue weighted by molar-refractivity contribution is -0.134. The van der Waals surface area contributed by atoms with Gasteiger partial charge in [0.1, 0.15) is 5.75 Å². The van der Waals surface area contributed by atoms with Gasteiger partial charge in [0.25, 0.3) is 0 Å². The van der Waals surface area contributed by atoms with Crippen molar-refractivity contribution in [3.05, 3.63) is 42.5 Å². The van der Waals surface area contributed by atoms with Crippen LogP contribution in [-0.2, 0) is 11.2 Å². The molecule has 1 saturated heterocycles. The van der Waals surface area contributed by atoms with Crippen LogP contribution in [0, 0.1) is 5.41 Å². The van der Waals surface area contributed by atoms with Crippen LogP contribution in [0.15, 0.2) is 36.9 Å². The summed E-state index contributed by atoms with van der Waals surface area (Å²) in [6.45, 7) is 5.23. The molecule has 4 heteroatoms. The Morgan fingerprint density at radius 3 is 2.95 bits per heavy atom. The van der Waals surface area contributed by atoms with Gasteiger partial charge in [-0.25, -0.2) is 0 Å². The van der Waals surface area contributed by atoms with Gasteiger partial charge in [0, 0.05) is 24.1 Å². The highest BCUT2D eigenvalue weighted by molar-refractivity contribution is 5.79. The van der Waals surface area contributed by atoms with Gasteiger partial charge in [-0.1, -0.05) is 24.3 Å². The van der Waals surface area contributed by atoms with Crippen LogP contribution in [0.3, 0.4) is 0 Å². The Bertz CT molecular complexity index is 529. The predicted molar refractivity (Wildman–Crippen MR) is 86.8 cm³/mol. The summed E-state index contributed by atoms with van der Waals surface area (Å²) in [5, 5.41) is 9.74. The van der Waals surface area contributed by atoms with Crippen molar-refractivity contribution in [3.8, 4) is 5.75 Å². The number of aliphatic hydroxyl groups is 1. The summed E-state index contributed by atoms with van der Waals surface area (Å²) in [4.78, 5) is 14.5. The molecule has 1 unspecified atom stereocenters. The smallest absolute Gasteiger partial charge is 0.227 e. The predicted octanol–water partition coefficient (Wildman–Crippen LogP) is 2.41. The number of piperidine rings is 1. The molecular weight excluding hydrogens is 278 g/mol. The first-order valence-electron chi connectivity index (χ1n) is 7.75. The number of benzene rings is 1. The molecule has 1 aliphatic heterocycles. The number of methoxy groups -OCH3 is 1. The molecule has 4 nitrogen and oxygen atoms in total. The number of nitrogens with zero attached hydrogens (tertiary/aromatic N) is 1. The lowest BCUT2D eigenvalue weighted by Gasteiger charge is -2.41. The molecule has 0 bridgehead atoms. The van der Waals surface area contributed by atoms with Crippen molar-refractivity contribution >= 4 is 5.91 Å². The molecule has 1 heterocycles. The molecule has 0 saturated carbocycles. The van der Waals surface area contributed by atoms with E-state index in [1.807, 2.05) is 35.2 Å². The summed E-state index contributed by atoms with van der Waals surface area (Å²) in [7, 11) is 1.62. The van der Waals surface area contributed by atoms with Crippen LogP contribution in [-0.4, -0.2) is 42.7 Å². The van der Waals surface area contributed by atoms with Crippen molar-refractivity contribution in [2.75, 3.05) is 26.8 Å². The summed E-state index contributed by atoms with van der Waals surface area (Å²) < 4.78 is 5.31. The van der Waals surface area contributed by atoms with Crippen molar-refractivity contribution in [1.82, 2.24) is 4.90 Å². The maximum atomic E-state index is 12.6. The van der Waals surface area contributed by atoms with Gasteiger partial charge in [-0.15, -0.1) is 6.58 Å². The Hall–Kier alpha value is -1.81. The summed E-state index contributed by atoms with van der Waals surface area (Å²) in [5.41, 5.74) is 0.676. The Kier molecular flexibility index (Phi) is 5.61. The number of carbonyl (C=O) groups excluding carboxylic acids is 1. The van der Waals surface area contributed by atoms with Crippen LogP contribution in [0.1, 0.15) is 24.8 Å². The molecule has 1 aromatic carbocycles. The molecule has 1 atom stereocenters. The number of hydrogen-bond acceptors (Lipinski definition) is 3. The highest BCUT2D eigenvalue weighted by Gasteiger charge is 2.35. The Labute approximate surface area is 132 Å². The first-order chi connectivity index (χ1) is 10.6.